The minimum atomic E-state index is -1.03. The van der Waals surface area contributed by atoms with Crippen LogP contribution >= 0.6 is 60.7 Å². The summed E-state index contributed by atoms with van der Waals surface area (Å²) in [6.07, 6.45) is 2.37. The highest BCUT2D eigenvalue weighted by Crippen LogP contribution is 2.55. The van der Waals surface area contributed by atoms with Crippen LogP contribution in [0.4, 0.5) is 19.4 Å². The monoisotopic (exact) mass is 474 g/mol. The Bertz CT molecular complexity index is 802. The molecule has 0 atom stereocenters. The molecule has 0 aliphatic carbocycles. The fourth-order valence-corrected chi connectivity index (χ4v) is 4.73. The predicted octanol–water partition coefficient (Wildman–Crippen LogP) is 8.19. The molecule has 0 aromatic heterocycles. The Morgan fingerprint density at radius 1 is 0.741 bits per heavy atom. The van der Waals surface area contributed by atoms with E-state index in [9.17, 15) is 24.2 Å². The van der Waals surface area contributed by atoms with Crippen LogP contribution < -0.4 is 4.74 Å². The van der Waals surface area contributed by atoms with Gasteiger partial charge in [0.05, 0.1) is 75.4 Å². The van der Waals surface area contributed by atoms with Crippen LogP contribution in [0.5, 0.6) is 5.75 Å². The van der Waals surface area contributed by atoms with E-state index in [1.165, 1.54) is 6.08 Å². The van der Waals surface area contributed by atoms with Crippen molar-refractivity contribution in [1.82, 2.24) is 0 Å². The highest BCUT2D eigenvalue weighted by Gasteiger charge is 2.30. The lowest BCUT2D eigenvalue weighted by atomic mass is 10.2. The van der Waals surface area contributed by atoms with Crippen LogP contribution in [-0.2, 0) is 4.79 Å². The molecular formula is C15H7F5O2S5. The number of hydrogen-bond donors (Lipinski definition) is 0. The summed E-state index contributed by atoms with van der Waals surface area (Å²) in [5.74, 6) is -1.76. The summed E-state index contributed by atoms with van der Waals surface area (Å²) in [6, 6.07) is 8.60. The molecule has 0 aliphatic rings. The van der Waals surface area contributed by atoms with Crippen molar-refractivity contribution in [2.24, 2.45) is 0 Å². The normalized spacial score (nSPS) is 11.1. The third-order valence-electron chi connectivity index (χ3n) is 3.04. The van der Waals surface area contributed by atoms with Gasteiger partial charge in [0.15, 0.2) is 5.75 Å². The first kappa shape index (κ1) is 22.3. The lowest BCUT2D eigenvalue weighted by Crippen LogP contribution is -2.07. The van der Waals surface area contributed by atoms with E-state index in [0.29, 0.717) is 5.56 Å². The van der Waals surface area contributed by atoms with Crippen LogP contribution in [0, 0.1) is 0 Å². The van der Waals surface area contributed by atoms with Gasteiger partial charge in [0.1, 0.15) is 9.79 Å². The van der Waals surface area contributed by atoms with Gasteiger partial charge in [0.2, 0.25) is 0 Å². The first-order valence-corrected chi connectivity index (χ1v) is 10.3. The van der Waals surface area contributed by atoms with E-state index in [1.807, 2.05) is 0 Å². The molecule has 0 aliphatic heterocycles. The molecule has 0 bridgehead atoms. The van der Waals surface area contributed by atoms with E-state index in [0.717, 1.165) is 6.08 Å². The first-order chi connectivity index (χ1) is 13.1. The Morgan fingerprint density at radius 2 is 1.19 bits per heavy atom. The van der Waals surface area contributed by atoms with Gasteiger partial charge >= 0.3 is 5.97 Å². The highest BCUT2D eigenvalue weighted by atomic mass is 32.2. The van der Waals surface area contributed by atoms with Crippen molar-refractivity contribution >= 4 is 72.8 Å². The fourth-order valence-electron chi connectivity index (χ4n) is 1.92. The molecule has 0 heterocycles. The average molecular weight is 475 g/mol. The molecule has 2 aromatic carbocycles. The summed E-state index contributed by atoms with van der Waals surface area (Å²) in [5.41, 5.74) is 0.652. The van der Waals surface area contributed by atoms with Crippen LogP contribution in [0.15, 0.2) is 60.9 Å². The highest BCUT2D eigenvalue weighted by molar-refractivity contribution is 8.00. The zero-order valence-electron chi connectivity index (χ0n) is 12.8. The Kier molecular flexibility index (Phi) is 9.22. The standard InChI is InChI=1S/C15H7F5O2S5/c16-23-11-10(22-9(21)7-6-8-4-2-1-3-5-8)12(24-17)14(26-19)15(27-20)13(11)25-18/h1-7H. The van der Waals surface area contributed by atoms with E-state index in [-0.39, 0.29) is 0 Å². The molecule has 2 aromatic rings. The van der Waals surface area contributed by atoms with Crippen LogP contribution in [-0.4, -0.2) is 5.97 Å². The maximum Gasteiger partial charge on any atom is 0.336 e. The zero-order chi connectivity index (χ0) is 19.8. The number of ether oxygens (including phenoxy) is 1. The van der Waals surface area contributed by atoms with Gasteiger partial charge in [0, 0.05) is 6.08 Å². The number of hydrogen-bond acceptors (Lipinski definition) is 7. The smallest absolute Gasteiger partial charge is 0.336 e. The average Bonchev–Trinajstić information content (AvgIpc) is 2.71. The van der Waals surface area contributed by atoms with E-state index in [2.05, 4.69) is 0 Å². The Hall–Kier alpha value is -0.950. The molecule has 12 heteroatoms. The molecular weight excluding hydrogens is 467 g/mol. The second-order valence-electron chi connectivity index (χ2n) is 4.53. The van der Waals surface area contributed by atoms with Crippen LogP contribution in [0.2, 0.25) is 0 Å². The molecule has 144 valence electrons. The van der Waals surface area contributed by atoms with Gasteiger partial charge in [-0.3, -0.25) is 0 Å². The minimum absolute atomic E-state index is 0.571. The first-order valence-electron chi connectivity index (χ1n) is 6.73. The summed E-state index contributed by atoms with van der Waals surface area (Å²) in [4.78, 5) is 8.75. The lowest BCUT2D eigenvalue weighted by molar-refractivity contribution is -0.129. The molecule has 0 spiro atoms. The topological polar surface area (TPSA) is 26.3 Å². The summed E-state index contributed by atoms with van der Waals surface area (Å²) in [5, 5.41) is 0. The quantitative estimate of drug-likeness (QED) is 0.165. The predicted molar refractivity (Wildman–Crippen MR) is 102 cm³/mol. The van der Waals surface area contributed by atoms with Gasteiger partial charge in [-0.05, 0) is 11.6 Å². The van der Waals surface area contributed by atoms with Crippen molar-refractivity contribution in [1.29, 1.82) is 0 Å². The second kappa shape index (κ2) is 11.1. The third kappa shape index (κ3) is 5.31. The van der Waals surface area contributed by atoms with Crippen LogP contribution in [0.1, 0.15) is 5.56 Å². The molecule has 0 radical (unpaired) electrons. The number of carbonyl (C=O) groups excluding carboxylic acids is 1. The summed E-state index contributed by atoms with van der Waals surface area (Å²) < 4.78 is 71.2. The van der Waals surface area contributed by atoms with Crippen molar-refractivity contribution in [3.63, 3.8) is 0 Å². The summed E-state index contributed by atoms with van der Waals surface area (Å²) >= 11 is -2.86. The summed E-state index contributed by atoms with van der Waals surface area (Å²) in [7, 11) is 0. The van der Waals surface area contributed by atoms with E-state index < -0.39 is 96.9 Å². The van der Waals surface area contributed by atoms with Crippen LogP contribution in [0.25, 0.3) is 6.08 Å². The van der Waals surface area contributed by atoms with Crippen LogP contribution in [0.3, 0.4) is 0 Å². The number of esters is 1. The SMILES string of the molecule is O=C(C=Cc1ccccc1)Oc1c(SF)c(SF)c(SF)c(SF)c1SF. The lowest BCUT2D eigenvalue weighted by Gasteiger charge is -2.16. The molecule has 0 fully saturated rings. The van der Waals surface area contributed by atoms with E-state index in [4.69, 9.17) is 4.74 Å². The molecule has 27 heavy (non-hydrogen) atoms. The van der Waals surface area contributed by atoms with Gasteiger partial charge in [-0.1, -0.05) is 30.3 Å². The van der Waals surface area contributed by atoms with Crippen molar-refractivity contribution < 1.29 is 29.0 Å². The van der Waals surface area contributed by atoms with Gasteiger partial charge in [-0.2, -0.15) is 19.4 Å². The van der Waals surface area contributed by atoms with Gasteiger partial charge in [-0.15, -0.1) is 0 Å². The number of benzene rings is 2. The molecule has 0 N–H and O–H groups in total. The Balaban J connectivity index is 2.48. The van der Waals surface area contributed by atoms with Crippen molar-refractivity contribution in [3.8, 4) is 5.75 Å². The Labute approximate surface area is 173 Å². The zero-order valence-corrected chi connectivity index (χ0v) is 16.9. The number of halogens is 5. The van der Waals surface area contributed by atoms with Crippen molar-refractivity contribution in [3.05, 3.63) is 42.0 Å². The molecule has 0 amide bonds. The van der Waals surface area contributed by atoms with Gasteiger partial charge in [-0.25, -0.2) is 4.79 Å². The van der Waals surface area contributed by atoms with Crippen molar-refractivity contribution in [2.75, 3.05) is 0 Å². The Morgan fingerprint density at radius 3 is 1.63 bits per heavy atom. The maximum absolute atomic E-state index is 13.4. The third-order valence-corrected chi connectivity index (χ3v) is 6.33. The van der Waals surface area contributed by atoms with E-state index >= 15 is 0 Å². The van der Waals surface area contributed by atoms with Crippen molar-refractivity contribution in [2.45, 2.75) is 24.5 Å². The molecule has 0 saturated heterocycles. The van der Waals surface area contributed by atoms with E-state index in [1.54, 1.807) is 30.3 Å². The summed E-state index contributed by atoms with van der Waals surface area (Å²) in [6.45, 7) is 0. The van der Waals surface area contributed by atoms with Gasteiger partial charge in [0.25, 0.3) is 0 Å². The molecule has 0 saturated carbocycles. The maximum atomic E-state index is 13.4. The second-order valence-corrected chi connectivity index (χ2v) is 7.34. The van der Waals surface area contributed by atoms with Gasteiger partial charge < -0.3 is 4.74 Å². The number of rotatable bonds is 8. The molecule has 0 unspecified atom stereocenters. The molecule has 2 nitrogen and oxygen atoms in total. The largest absolute Gasteiger partial charge is 0.421 e. The number of carbonyl (C=O) groups is 1. The molecule has 2 rings (SSSR count). The fraction of sp³-hybridized carbons (Fsp3) is 0. The minimum Gasteiger partial charge on any atom is -0.421 e.